The molecular weight excluding hydrogens is 476 g/mol. The van der Waals surface area contributed by atoms with Crippen molar-refractivity contribution in [3.05, 3.63) is 83.2 Å². The summed E-state index contributed by atoms with van der Waals surface area (Å²) in [4.78, 5) is 58.8. The Morgan fingerprint density at radius 2 is 1.82 bits per heavy atom. The molecule has 1 saturated heterocycles. The first-order valence-corrected chi connectivity index (χ1v) is 10.5. The third kappa shape index (κ3) is 5.35. The summed E-state index contributed by atoms with van der Waals surface area (Å²) in [6.45, 7) is 1.38. The molecule has 3 rings (SSSR count). The number of nitrogens with one attached hydrogen (secondary N) is 1. The maximum Gasteiger partial charge on any atom is 0.293 e. The highest BCUT2D eigenvalue weighted by atomic mass is 35.5. The van der Waals surface area contributed by atoms with Crippen LogP contribution in [0, 0.1) is 27.2 Å². The van der Waals surface area contributed by atoms with Gasteiger partial charge in [-0.1, -0.05) is 17.7 Å². The third-order valence-corrected chi connectivity index (χ3v) is 5.84. The minimum Gasteiger partial charge on any atom is -0.350 e. The summed E-state index contributed by atoms with van der Waals surface area (Å²) in [7, 11) is 0. The van der Waals surface area contributed by atoms with Gasteiger partial charge in [-0.3, -0.25) is 39.5 Å². The van der Waals surface area contributed by atoms with Gasteiger partial charge in [0.25, 0.3) is 28.4 Å². The second-order valence-corrected chi connectivity index (χ2v) is 8.22. The Labute approximate surface area is 195 Å². The van der Waals surface area contributed by atoms with Gasteiger partial charge in [0.05, 0.1) is 14.8 Å². The minimum atomic E-state index is -0.652. The first-order valence-electron chi connectivity index (χ1n) is 9.31. The van der Waals surface area contributed by atoms with Crippen LogP contribution in [0.4, 0.5) is 16.2 Å². The highest BCUT2D eigenvalue weighted by molar-refractivity contribution is 8.18. The molecule has 0 spiro atoms. The van der Waals surface area contributed by atoms with Crippen molar-refractivity contribution in [1.29, 1.82) is 0 Å². The maximum absolute atomic E-state index is 12.6. The van der Waals surface area contributed by atoms with Crippen molar-refractivity contribution in [3.63, 3.8) is 0 Å². The molecule has 11 nitrogen and oxygen atoms in total. The van der Waals surface area contributed by atoms with Crippen molar-refractivity contribution in [2.75, 3.05) is 13.1 Å². The van der Waals surface area contributed by atoms with Crippen LogP contribution in [-0.4, -0.2) is 44.9 Å². The van der Waals surface area contributed by atoms with Gasteiger partial charge in [-0.2, -0.15) is 0 Å². The number of hydrogen-bond donors (Lipinski definition) is 1. The van der Waals surface area contributed by atoms with Gasteiger partial charge in [0.1, 0.15) is 5.02 Å². The van der Waals surface area contributed by atoms with Crippen molar-refractivity contribution < 1.29 is 24.2 Å². The van der Waals surface area contributed by atoms with Gasteiger partial charge in [-0.15, -0.1) is 0 Å². The molecule has 0 radical (unpaired) electrons. The van der Waals surface area contributed by atoms with E-state index in [9.17, 15) is 34.6 Å². The number of thioether (sulfide) groups is 1. The number of carbonyl (C=O) groups is 3. The molecule has 3 amide bonds. The second kappa shape index (κ2) is 9.79. The van der Waals surface area contributed by atoms with Gasteiger partial charge in [0.15, 0.2) is 0 Å². The quantitative estimate of drug-likeness (QED) is 0.348. The normalized spacial score (nSPS) is 14.6. The maximum atomic E-state index is 12.6. The Morgan fingerprint density at radius 3 is 2.45 bits per heavy atom. The van der Waals surface area contributed by atoms with Gasteiger partial charge in [-0.25, -0.2) is 0 Å². The number of nitro benzene ring substituents is 2. The van der Waals surface area contributed by atoms with Crippen molar-refractivity contribution >= 4 is 57.9 Å². The third-order valence-electron chi connectivity index (χ3n) is 4.61. The predicted molar refractivity (Wildman–Crippen MR) is 121 cm³/mol. The Hall–Kier alpha value is -3.77. The lowest BCUT2D eigenvalue weighted by Gasteiger charge is -2.13. The molecule has 0 aromatic heterocycles. The molecule has 0 saturated carbocycles. The molecule has 1 aliphatic rings. The predicted octanol–water partition coefficient (Wildman–Crippen LogP) is 3.93. The van der Waals surface area contributed by atoms with Gasteiger partial charge in [-0.05, 0) is 48.5 Å². The smallest absolute Gasteiger partial charge is 0.293 e. The van der Waals surface area contributed by atoms with E-state index in [0.29, 0.717) is 22.9 Å². The summed E-state index contributed by atoms with van der Waals surface area (Å²) in [6, 6.07) is 7.92. The average Bonchev–Trinajstić information content (AvgIpc) is 3.01. The van der Waals surface area contributed by atoms with Crippen LogP contribution in [0.5, 0.6) is 0 Å². The van der Waals surface area contributed by atoms with Crippen LogP contribution >= 0.6 is 23.4 Å². The number of amides is 3. The van der Waals surface area contributed by atoms with Crippen molar-refractivity contribution in [3.8, 4) is 0 Å². The standard InChI is InChI=1S/C20H15ClN4O7S/c1-11-8-13(3-5-15(11)24(29)30)18(26)22-6-7-23-19(27)17(33-20(23)28)10-12-2-4-14(21)16(9-12)25(31)32/h2-5,8-10H,6-7H2,1H3,(H,22,26)/b17-10-. The lowest BCUT2D eigenvalue weighted by molar-refractivity contribution is -0.385. The van der Waals surface area contributed by atoms with E-state index in [1.807, 2.05) is 0 Å². The number of nitrogens with zero attached hydrogens (tertiary/aromatic N) is 3. The van der Waals surface area contributed by atoms with Gasteiger partial charge in [0, 0.05) is 36.3 Å². The molecule has 170 valence electrons. The van der Waals surface area contributed by atoms with E-state index in [1.54, 1.807) is 0 Å². The lowest BCUT2D eigenvalue weighted by Crippen LogP contribution is -2.37. The van der Waals surface area contributed by atoms with Crippen LogP contribution in [0.15, 0.2) is 41.3 Å². The Kier molecular flexibility index (Phi) is 7.09. The molecule has 0 unspecified atom stereocenters. The van der Waals surface area contributed by atoms with E-state index in [1.165, 1.54) is 49.4 Å². The number of carbonyl (C=O) groups excluding carboxylic acids is 3. The van der Waals surface area contributed by atoms with E-state index in [-0.39, 0.29) is 40.0 Å². The second-order valence-electron chi connectivity index (χ2n) is 6.82. The molecule has 13 heteroatoms. The van der Waals surface area contributed by atoms with Crippen LogP contribution in [-0.2, 0) is 4.79 Å². The van der Waals surface area contributed by atoms with Crippen molar-refractivity contribution in [2.45, 2.75) is 6.92 Å². The summed E-state index contributed by atoms with van der Waals surface area (Å²) >= 11 is 6.45. The molecule has 1 N–H and O–H groups in total. The zero-order chi connectivity index (χ0) is 24.3. The summed E-state index contributed by atoms with van der Waals surface area (Å²) in [6.07, 6.45) is 1.35. The zero-order valence-corrected chi connectivity index (χ0v) is 18.5. The van der Waals surface area contributed by atoms with E-state index in [0.717, 1.165) is 4.90 Å². The Morgan fingerprint density at radius 1 is 1.12 bits per heavy atom. The number of halogens is 1. The first kappa shape index (κ1) is 23.9. The average molecular weight is 491 g/mol. The Bertz CT molecular complexity index is 1230. The molecule has 1 aliphatic heterocycles. The molecule has 2 aromatic carbocycles. The molecular formula is C20H15ClN4O7S. The van der Waals surface area contributed by atoms with Gasteiger partial charge in [0.2, 0.25) is 0 Å². The SMILES string of the molecule is Cc1cc(C(=O)NCCN2C(=O)S/C(=C\c3ccc(Cl)c([N+](=O)[O-])c3)C2=O)ccc1[N+](=O)[O-]. The topological polar surface area (TPSA) is 153 Å². The number of benzene rings is 2. The van der Waals surface area contributed by atoms with Crippen LogP contribution in [0.25, 0.3) is 6.08 Å². The molecule has 2 aromatic rings. The number of imide groups is 1. The van der Waals surface area contributed by atoms with Crippen molar-refractivity contribution in [1.82, 2.24) is 10.2 Å². The van der Waals surface area contributed by atoms with E-state index >= 15 is 0 Å². The highest BCUT2D eigenvalue weighted by Crippen LogP contribution is 2.33. The molecule has 0 bridgehead atoms. The summed E-state index contributed by atoms with van der Waals surface area (Å²) in [5, 5.41) is 23.9. The summed E-state index contributed by atoms with van der Waals surface area (Å²) < 4.78 is 0. The van der Waals surface area contributed by atoms with Crippen molar-refractivity contribution in [2.24, 2.45) is 0 Å². The molecule has 1 heterocycles. The monoisotopic (exact) mass is 490 g/mol. The fourth-order valence-electron chi connectivity index (χ4n) is 2.99. The van der Waals surface area contributed by atoms with Crippen LogP contribution < -0.4 is 5.32 Å². The largest absolute Gasteiger partial charge is 0.350 e. The van der Waals surface area contributed by atoms with Crippen LogP contribution in [0.3, 0.4) is 0 Å². The summed E-state index contributed by atoms with van der Waals surface area (Å²) in [5.74, 6) is -1.10. The molecule has 0 aliphatic carbocycles. The van der Waals surface area contributed by atoms with E-state index in [4.69, 9.17) is 11.6 Å². The fraction of sp³-hybridized carbons (Fsp3) is 0.150. The molecule has 33 heavy (non-hydrogen) atoms. The van der Waals surface area contributed by atoms with Gasteiger partial charge >= 0.3 is 0 Å². The Balaban J connectivity index is 1.64. The van der Waals surface area contributed by atoms with Crippen LogP contribution in [0.1, 0.15) is 21.5 Å². The lowest BCUT2D eigenvalue weighted by atomic mass is 10.1. The van der Waals surface area contributed by atoms with Gasteiger partial charge < -0.3 is 5.32 Å². The molecule has 1 fully saturated rings. The molecule has 0 atom stereocenters. The highest BCUT2D eigenvalue weighted by Gasteiger charge is 2.34. The number of nitro groups is 2. The number of aryl methyl sites for hydroxylation is 1. The summed E-state index contributed by atoms with van der Waals surface area (Å²) in [5.41, 5.74) is 0.428. The van der Waals surface area contributed by atoms with Crippen LogP contribution in [0.2, 0.25) is 5.02 Å². The zero-order valence-electron chi connectivity index (χ0n) is 16.9. The van der Waals surface area contributed by atoms with E-state index in [2.05, 4.69) is 5.32 Å². The number of hydrogen-bond acceptors (Lipinski definition) is 8. The first-order chi connectivity index (χ1) is 15.6. The van der Waals surface area contributed by atoms with E-state index < -0.39 is 26.9 Å². The minimum absolute atomic E-state index is 0.0351. The fourth-order valence-corrected chi connectivity index (χ4v) is 4.04. The number of rotatable bonds is 7.